The average Bonchev–Trinajstić information content (AvgIpc) is 3.20. The zero-order valence-corrected chi connectivity index (χ0v) is 34.4. The quantitative estimate of drug-likeness (QED) is 0.0311. The molecule has 0 heterocycles. The van der Waals surface area contributed by atoms with Gasteiger partial charge in [0.15, 0.2) is 23.5 Å². The molecule has 0 unspecified atom stereocenters. The number of nitrogens with zero attached hydrogens (tertiary/aromatic N) is 2. The molecule has 59 heavy (non-hydrogen) atoms. The fourth-order valence-electron chi connectivity index (χ4n) is 6.63. The number of primary amides is 1. The van der Waals surface area contributed by atoms with Crippen LogP contribution >= 0.6 is 23.2 Å². The summed E-state index contributed by atoms with van der Waals surface area (Å²) in [5.74, 6) is -3.74. The van der Waals surface area contributed by atoms with E-state index in [0.29, 0.717) is 22.9 Å². The van der Waals surface area contributed by atoms with Crippen molar-refractivity contribution in [2.24, 2.45) is 56.2 Å². The van der Waals surface area contributed by atoms with E-state index in [-0.39, 0.29) is 69.3 Å². The summed E-state index contributed by atoms with van der Waals surface area (Å²) in [6, 6.07) is 28.2. The molecule has 2 amide bonds. The van der Waals surface area contributed by atoms with Gasteiger partial charge in [-0.1, -0.05) is 96.0 Å². The minimum absolute atomic E-state index is 0.0854. The summed E-state index contributed by atoms with van der Waals surface area (Å²) in [4.78, 5) is 62.3. The zero-order chi connectivity index (χ0) is 42.9. The number of carbonyl (C=O) groups excluding carboxylic acids is 4. The van der Waals surface area contributed by atoms with E-state index in [4.69, 9.17) is 57.6 Å². The van der Waals surface area contributed by atoms with Crippen molar-refractivity contribution in [1.29, 1.82) is 0 Å². The van der Waals surface area contributed by atoms with Gasteiger partial charge in [0, 0.05) is 47.8 Å². The summed E-state index contributed by atoms with van der Waals surface area (Å²) in [6.07, 6.45) is 1.27. The second-order valence-electron chi connectivity index (χ2n) is 14.5. The lowest BCUT2D eigenvalue weighted by Gasteiger charge is -2.24. The SMILES string of the molecule is NC(=O)[C@H](CCCN=C(N)N)CC(=O)[C@H](Cc1ccc(-c2ccc(Cl)cc2)cc1)NC(=O)[C@H](CCCN=C(N)N)CC(=O)[C@@H](N)Cc1ccc(-c2ccc(Cl)cc2)cc1. The third kappa shape index (κ3) is 15.5. The molecule has 0 radical (unpaired) electrons. The van der Waals surface area contributed by atoms with Crippen LogP contribution in [-0.4, -0.2) is 60.5 Å². The van der Waals surface area contributed by atoms with Gasteiger partial charge in [-0.25, -0.2) is 0 Å². The van der Waals surface area contributed by atoms with Gasteiger partial charge in [-0.05, 0) is 96.2 Å². The number of amides is 2. The van der Waals surface area contributed by atoms with E-state index in [1.807, 2.05) is 84.9 Å². The van der Waals surface area contributed by atoms with E-state index in [2.05, 4.69) is 15.3 Å². The highest BCUT2D eigenvalue weighted by Crippen LogP contribution is 2.25. The van der Waals surface area contributed by atoms with E-state index in [1.54, 1.807) is 12.1 Å². The lowest BCUT2D eigenvalue weighted by atomic mass is 9.89. The largest absolute Gasteiger partial charge is 0.370 e. The van der Waals surface area contributed by atoms with Crippen molar-refractivity contribution >= 4 is 58.5 Å². The summed E-state index contributed by atoms with van der Waals surface area (Å²) in [7, 11) is 0. The maximum atomic E-state index is 14.2. The highest BCUT2D eigenvalue weighted by molar-refractivity contribution is 6.31. The Labute approximate surface area is 355 Å². The van der Waals surface area contributed by atoms with Crippen LogP contribution in [0.2, 0.25) is 10.0 Å². The monoisotopic (exact) mass is 841 g/mol. The predicted molar refractivity (Wildman–Crippen MR) is 236 cm³/mol. The van der Waals surface area contributed by atoms with Gasteiger partial charge < -0.3 is 39.7 Å². The van der Waals surface area contributed by atoms with Gasteiger partial charge >= 0.3 is 0 Å². The Morgan fingerprint density at radius 1 is 0.542 bits per heavy atom. The number of hydrogen-bond acceptors (Lipinski definition) is 7. The second-order valence-corrected chi connectivity index (χ2v) is 15.4. The number of nitrogens with two attached hydrogens (primary N) is 6. The number of aliphatic imine (C=N–C) groups is 2. The van der Waals surface area contributed by atoms with Crippen molar-refractivity contribution in [3.05, 3.63) is 118 Å². The first-order chi connectivity index (χ1) is 28.2. The molecule has 0 aromatic heterocycles. The van der Waals surface area contributed by atoms with Gasteiger partial charge in [-0.15, -0.1) is 0 Å². The Balaban J connectivity index is 1.53. The molecule has 15 heteroatoms. The fourth-order valence-corrected chi connectivity index (χ4v) is 6.88. The summed E-state index contributed by atoms with van der Waals surface area (Å²) in [6.45, 7) is 0.488. The van der Waals surface area contributed by atoms with E-state index < -0.39 is 41.5 Å². The highest BCUT2D eigenvalue weighted by Gasteiger charge is 2.31. The molecule has 0 saturated heterocycles. The minimum atomic E-state index is -1.05. The highest BCUT2D eigenvalue weighted by atomic mass is 35.5. The molecule has 4 aromatic carbocycles. The molecule has 0 aliphatic heterocycles. The van der Waals surface area contributed by atoms with Gasteiger partial charge in [-0.3, -0.25) is 29.2 Å². The second kappa shape index (κ2) is 23.0. The Kier molecular flexibility index (Phi) is 17.9. The Hall–Kier alpha value is -5.76. The molecule has 4 aromatic rings. The molecule has 0 bridgehead atoms. The molecule has 13 N–H and O–H groups in total. The molecular formula is C44H53Cl2N9O4. The van der Waals surface area contributed by atoms with Crippen molar-refractivity contribution < 1.29 is 19.2 Å². The van der Waals surface area contributed by atoms with E-state index in [1.165, 1.54) is 0 Å². The Morgan fingerprint density at radius 2 is 0.932 bits per heavy atom. The van der Waals surface area contributed by atoms with Crippen LogP contribution < -0.4 is 39.7 Å². The lowest BCUT2D eigenvalue weighted by molar-refractivity contribution is -0.134. The van der Waals surface area contributed by atoms with Crippen LogP contribution in [0.5, 0.6) is 0 Å². The number of halogens is 2. The first-order valence-electron chi connectivity index (χ1n) is 19.4. The van der Waals surface area contributed by atoms with Gasteiger partial charge in [0.1, 0.15) is 0 Å². The number of rotatable bonds is 23. The number of hydrogen-bond donors (Lipinski definition) is 7. The number of nitrogens with one attached hydrogen (secondary N) is 1. The number of benzene rings is 4. The van der Waals surface area contributed by atoms with Crippen LogP contribution in [0.1, 0.15) is 49.7 Å². The van der Waals surface area contributed by atoms with Crippen molar-refractivity contribution in [3.63, 3.8) is 0 Å². The molecule has 13 nitrogen and oxygen atoms in total. The maximum absolute atomic E-state index is 14.2. The lowest BCUT2D eigenvalue weighted by Crippen LogP contribution is -2.47. The summed E-state index contributed by atoms with van der Waals surface area (Å²) in [5.41, 5.74) is 39.5. The maximum Gasteiger partial charge on any atom is 0.224 e. The predicted octanol–water partition coefficient (Wildman–Crippen LogP) is 4.67. The molecule has 0 aliphatic carbocycles. The van der Waals surface area contributed by atoms with Crippen molar-refractivity contribution in [3.8, 4) is 22.3 Å². The first-order valence-corrected chi connectivity index (χ1v) is 20.1. The van der Waals surface area contributed by atoms with E-state index in [9.17, 15) is 19.2 Å². The van der Waals surface area contributed by atoms with Gasteiger partial charge in [0.2, 0.25) is 11.8 Å². The molecule has 0 spiro atoms. The van der Waals surface area contributed by atoms with Crippen LogP contribution in [0.3, 0.4) is 0 Å². The molecule has 312 valence electrons. The van der Waals surface area contributed by atoms with Crippen LogP contribution in [0.4, 0.5) is 0 Å². The molecule has 4 atom stereocenters. The zero-order valence-electron chi connectivity index (χ0n) is 32.9. The van der Waals surface area contributed by atoms with Crippen LogP contribution in [0.25, 0.3) is 22.3 Å². The summed E-state index contributed by atoms with van der Waals surface area (Å²) in [5, 5.41) is 4.18. The fraction of sp³-hybridized carbons (Fsp3) is 0.318. The van der Waals surface area contributed by atoms with Gasteiger partial charge in [0.25, 0.3) is 0 Å². The molecule has 0 aliphatic rings. The third-order valence-corrected chi connectivity index (χ3v) is 10.5. The van der Waals surface area contributed by atoms with Crippen LogP contribution in [-0.2, 0) is 32.0 Å². The molecule has 0 fully saturated rings. The van der Waals surface area contributed by atoms with E-state index in [0.717, 1.165) is 33.4 Å². The van der Waals surface area contributed by atoms with Crippen LogP contribution in [0, 0.1) is 11.8 Å². The normalized spacial score (nSPS) is 13.0. The summed E-state index contributed by atoms with van der Waals surface area (Å²) < 4.78 is 0. The van der Waals surface area contributed by atoms with Crippen molar-refractivity contribution in [2.45, 2.75) is 63.5 Å². The summed E-state index contributed by atoms with van der Waals surface area (Å²) >= 11 is 12.1. The van der Waals surface area contributed by atoms with Gasteiger partial charge in [-0.2, -0.15) is 0 Å². The Morgan fingerprint density at radius 3 is 1.36 bits per heavy atom. The first kappa shape index (κ1) is 45.9. The molecule has 4 rings (SSSR count). The number of ketones is 2. The minimum Gasteiger partial charge on any atom is -0.370 e. The Bertz CT molecular complexity index is 2070. The average molecular weight is 843 g/mol. The van der Waals surface area contributed by atoms with Crippen LogP contribution in [0.15, 0.2) is 107 Å². The van der Waals surface area contributed by atoms with Crippen molar-refractivity contribution in [1.82, 2.24) is 5.32 Å². The topological polar surface area (TPSA) is 261 Å². The van der Waals surface area contributed by atoms with Crippen molar-refractivity contribution in [2.75, 3.05) is 13.1 Å². The molecular weight excluding hydrogens is 789 g/mol. The molecule has 0 saturated carbocycles. The number of guanidine groups is 2. The standard InChI is InChI=1S/C44H53Cl2N9O4/c45-35-17-13-31(14-18-35)29-9-5-27(6-10-29)23-37(47)39(56)26-34(4-2-22-54-44(51)52)42(59)55-38(40(57)25-33(41(48)58)3-1-21-53-43(49)50)24-28-7-11-30(12-8-28)32-15-19-36(46)20-16-32/h5-20,33-34,37-38H,1-4,21-26,47H2,(H2,48,58)(H,55,59)(H4,49,50,53)(H4,51,52,54)/t33-,34-,37+,38+/m1/s1. The smallest absolute Gasteiger partial charge is 0.224 e. The number of carbonyl (C=O) groups is 4. The number of Topliss-reactive ketones (excluding diaryl/α,β-unsaturated/α-hetero) is 2. The third-order valence-electron chi connectivity index (χ3n) is 9.96. The van der Waals surface area contributed by atoms with E-state index >= 15 is 0 Å². The van der Waals surface area contributed by atoms with Gasteiger partial charge in [0.05, 0.1) is 12.1 Å².